The molecule has 1 atom stereocenters. The van der Waals surface area contributed by atoms with Gasteiger partial charge in [-0.2, -0.15) is 0 Å². The molecular formula is C21H30N4O3. The number of nitrogens with zero attached hydrogens (tertiary/aromatic N) is 4. The first kappa shape index (κ1) is 19.3. The highest BCUT2D eigenvalue weighted by molar-refractivity contribution is 5.95. The first-order valence-corrected chi connectivity index (χ1v) is 10.6. The highest BCUT2D eigenvalue weighted by atomic mass is 16.5. The Bertz CT molecular complexity index is 726. The smallest absolute Gasteiger partial charge is 0.257 e. The number of carbonyl (C=O) groups excluding carboxylic acids is 2. The molecule has 1 unspecified atom stereocenters. The average Bonchev–Trinajstić information content (AvgIpc) is 3.40. The van der Waals surface area contributed by atoms with E-state index in [1.807, 2.05) is 11.8 Å². The second-order valence-electron chi connectivity index (χ2n) is 8.22. The summed E-state index contributed by atoms with van der Waals surface area (Å²) in [6.45, 7) is 4.88. The average molecular weight is 386 g/mol. The summed E-state index contributed by atoms with van der Waals surface area (Å²) in [4.78, 5) is 38.9. The summed E-state index contributed by atoms with van der Waals surface area (Å²) < 4.78 is 5.37. The number of hydrogen-bond donors (Lipinski definition) is 0. The quantitative estimate of drug-likeness (QED) is 0.795. The molecule has 3 heterocycles. The van der Waals surface area contributed by atoms with Crippen molar-refractivity contribution in [2.45, 2.75) is 57.9 Å². The van der Waals surface area contributed by atoms with Crippen molar-refractivity contribution in [2.75, 3.05) is 32.8 Å². The van der Waals surface area contributed by atoms with Crippen molar-refractivity contribution in [2.24, 2.45) is 5.92 Å². The summed E-state index contributed by atoms with van der Waals surface area (Å²) in [6.07, 6.45) is 8.90. The van der Waals surface area contributed by atoms with Crippen LogP contribution in [0.25, 0.3) is 0 Å². The van der Waals surface area contributed by atoms with Gasteiger partial charge in [0.25, 0.3) is 5.91 Å². The monoisotopic (exact) mass is 386 g/mol. The standard InChI is InChI=1S/C21H30N4O3/c1-15-22-14-17(21(27)24-9-11-28-12-10-24)20(23-15)18-7-4-8-25(18)19(26)13-16-5-2-3-6-16/h14,16,18H,2-13H2,1H3. The zero-order valence-corrected chi connectivity index (χ0v) is 16.7. The summed E-state index contributed by atoms with van der Waals surface area (Å²) >= 11 is 0. The minimum absolute atomic E-state index is 0.0478. The van der Waals surface area contributed by atoms with E-state index in [0.29, 0.717) is 50.0 Å². The Morgan fingerprint density at radius 1 is 1.11 bits per heavy atom. The van der Waals surface area contributed by atoms with Crippen LogP contribution in [0.15, 0.2) is 6.20 Å². The number of rotatable bonds is 4. The van der Waals surface area contributed by atoms with Gasteiger partial charge in [0, 0.05) is 32.3 Å². The van der Waals surface area contributed by atoms with Gasteiger partial charge in [-0.25, -0.2) is 9.97 Å². The predicted molar refractivity (Wildman–Crippen MR) is 104 cm³/mol. The Labute approximate surface area is 166 Å². The molecule has 7 nitrogen and oxygen atoms in total. The Kier molecular flexibility index (Phi) is 5.90. The van der Waals surface area contributed by atoms with Crippen LogP contribution in [0.4, 0.5) is 0 Å². The van der Waals surface area contributed by atoms with E-state index in [-0.39, 0.29) is 17.9 Å². The normalized spacial score (nSPS) is 23.4. The number of ether oxygens (including phenoxy) is 1. The molecule has 0 radical (unpaired) electrons. The summed E-state index contributed by atoms with van der Waals surface area (Å²) in [7, 11) is 0. The van der Waals surface area contributed by atoms with Gasteiger partial charge in [-0.05, 0) is 38.5 Å². The van der Waals surface area contributed by atoms with Crippen molar-refractivity contribution in [3.8, 4) is 0 Å². The molecule has 1 aromatic rings. The maximum Gasteiger partial charge on any atom is 0.257 e. The van der Waals surface area contributed by atoms with E-state index >= 15 is 0 Å². The third kappa shape index (κ3) is 4.04. The van der Waals surface area contributed by atoms with Crippen LogP contribution in [0, 0.1) is 12.8 Å². The highest BCUT2D eigenvalue weighted by Crippen LogP contribution is 2.36. The molecule has 152 valence electrons. The topological polar surface area (TPSA) is 75.6 Å². The SMILES string of the molecule is Cc1ncc(C(=O)N2CCOCC2)c(C2CCCN2C(=O)CC2CCCC2)n1. The minimum Gasteiger partial charge on any atom is -0.378 e. The molecule has 3 fully saturated rings. The zero-order valence-electron chi connectivity index (χ0n) is 16.7. The van der Waals surface area contributed by atoms with Gasteiger partial charge in [0.05, 0.1) is 30.5 Å². The van der Waals surface area contributed by atoms with E-state index < -0.39 is 0 Å². The lowest BCUT2D eigenvalue weighted by molar-refractivity contribution is -0.133. The van der Waals surface area contributed by atoms with E-state index in [1.165, 1.54) is 12.8 Å². The molecule has 2 aliphatic heterocycles. The fraction of sp³-hybridized carbons (Fsp3) is 0.714. The maximum absolute atomic E-state index is 13.1. The summed E-state index contributed by atoms with van der Waals surface area (Å²) in [6, 6.07) is -0.115. The van der Waals surface area contributed by atoms with E-state index in [9.17, 15) is 9.59 Å². The molecule has 1 aromatic heterocycles. The van der Waals surface area contributed by atoms with Gasteiger partial charge in [-0.3, -0.25) is 9.59 Å². The Hall–Kier alpha value is -2.02. The van der Waals surface area contributed by atoms with E-state index in [4.69, 9.17) is 4.74 Å². The Morgan fingerprint density at radius 3 is 2.61 bits per heavy atom. The van der Waals surface area contributed by atoms with Crippen molar-refractivity contribution in [3.63, 3.8) is 0 Å². The van der Waals surface area contributed by atoms with Crippen LogP contribution in [0.2, 0.25) is 0 Å². The number of carbonyl (C=O) groups is 2. The lowest BCUT2D eigenvalue weighted by Gasteiger charge is -2.30. The second kappa shape index (κ2) is 8.55. The number of aromatic nitrogens is 2. The van der Waals surface area contributed by atoms with Crippen molar-refractivity contribution in [1.82, 2.24) is 19.8 Å². The molecule has 0 spiro atoms. The van der Waals surface area contributed by atoms with Gasteiger partial charge >= 0.3 is 0 Å². The number of morpholine rings is 1. The summed E-state index contributed by atoms with van der Waals surface area (Å²) in [5.74, 6) is 1.34. The Balaban J connectivity index is 1.57. The largest absolute Gasteiger partial charge is 0.378 e. The van der Waals surface area contributed by atoms with Crippen LogP contribution in [-0.2, 0) is 9.53 Å². The van der Waals surface area contributed by atoms with Crippen molar-refractivity contribution >= 4 is 11.8 Å². The van der Waals surface area contributed by atoms with Gasteiger partial charge < -0.3 is 14.5 Å². The Morgan fingerprint density at radius 2 is 1.86 bits per heavy atom. The number of hydrogen-bond acceptors (Lipinski definition) is 5. The van der Waals surface area contributed by atoms with E-state index in [2.05, 4.69) is 9.97 Å². The number of likely N-dealkylation sites (tertiary alicyclic amines) is 1. The van der Waals surface area contributed by atoms with Gasteiger partial charge in [0.1, 0.15) is 5.82 Å². The number of amides is 2. The van der Waals surface area contributed by atoms with Crippen LogP contribution >= 0.6 is 0 Å². The molecule has 2 saturated heterocycles. The zero-order chi connectivity index (χ0) is 19.5. The van der Waals surface area contributed by atoms with Crippen LogP contribution in [-0.4, -0.2) is 64.4 Å². The fourth-order valence-electron chi connectivity index (χ4n) is 4.77. The first-order valence-electron chi connectivity index (χ1n) is 10.6. The highest BCUT2D eigenvalue weighted by Gasteiger charge is 2.36. The molecule has 1 aliphatic carbocycles. The van der Waals surface area contributed by atoms with Gasteiger partial charge in [-0.15, -0.1) is 0 Å². The summed E-state index contributed by atoms with van der Waals surface area (Å²) in [5.41, 5.74) is 1.26. The van der Waals surface area contributed by atoms with Gasteiger partial charge in [-0.1, -0.05) is 12.8 Å². The molecule has 4 rings (SSSR count). The molecule has 2 amide bonds. The van der Waals surface area contributed by atoms with Gasteiger partial charge in [0.15, 0.2) is 0 Å². The van der Waals surface area contributed by atoms with Crippen LogP contribution < -0.4 is 0 Å². The van der Waals surface area contributed by atoms with Crippen molar-refractivity contribution < 1.29 is 14.3 Å². The first-order chi connectivity index (χ1) is 13.6. The molecule has 0 N–H and O–H groups in total. The van der Waals surface area contributed by atoms with Crippen molar-refractivity contribution in [3.05, 3.63) is 23.3 Å². The van der Waals surface area contributed by atoms with Crippen LogP contribution in [0.5, 0.6) is 0 Å². The third-order valence-electron chi connectivity index (χ3n) is 6.29. The predicted octanol–water partition coefficient (Wildman–Crippen LogP) is 2.50. The lowest BCUT2D eigenvalue weighted by atomic mass is 10.0. The van der Waals surface area contributed by atoms with Crippen molar-refractivity contribution in [1.29, 1.82) is 0 Å². The molecule has 28 heavy (non-hydrogen) atoms. The molecule has 0 aromatic carbocycles. The lowest BCUT2D eigenvalue weighted by Crippen LogP contribution is -2.42. The second-order valence-corrected chi connectivity index (χ2v) is 8.22. The molecular weight excluding hydrogens is 356 g/mol. The third-order valence-corrected chi connectivity index (χ3v) is 6.29. The molecule has 7 heteroatoms. The maximum atomic E-state index is 13.1. The molecule has 0 bridgehead atoms. The molecule has 3 aliphatic rings. The van der Waals surface area contributed by atoms with E-state index in [0.717, 1.165) is 37.9 Å². The van der Waals surface area contributed by atoms with E-state index in [1.54, 1.807) is 11.1 Å². The molecule has 1 saturated carbocycles. The van der Waals surface area contributed by atoms with Crippen LogP contribution in [0.3, 0.4) is 0 Å². The summed E-state index contributed by atoms with van der Waals surface area (Å²) in [5, 5.41) is 0. The minimum atomic E-state index is -0.115. The van der Waals surface area contributed by atoms with Gasteiger partial charge in [0.2, 0.25) is 5.91 Å². The number of aryl methyl sites for hydroxylation is 1. The fourth-order valence-corrected chi connectivity index (χ4v) is 4.77. The van der Waals surface area contributed by atoms with Crippen LogP contribution in [0.1, 0.15) is 72.9 Å².